The summed E-state index contributed by atoms with van der Waals surface area (Å²) in [4.78, 5) is 58.8. The molecule has 0 aliphatic carbocycles. The highest BCUT2D eigenvalue weighted by Gasteiger charge is 2.40. The zero-order chi connectivity index (χ0) is 31.2. The molecule has 14 nitrogen and oxygen atoms in total. The van der Waals surface area contributed by atoms with Gasteiger partial charge in [0.2, 0.25) is 11.8 Å². The van der Waals surface area contributed by atoms with Crippen molar-refractivity contribution in [2.75, 3.05) is 33.9 Å². The summed E-state index contributed by atoms with van der Waals surface area (Å²) in [6.07, 6.45) is 3.63. The minimum Gasteiger partial charge on any atom is -0.477 e. The summed E-state index contributed by atoms with van der Waals surface area (Å²) < 4.78 is 30.8. The fraction of sp³-hybridized carbons (Fsp3) is 0.714. The molecule has 2 saturated heterocycles. The zero-order valence-corrected chi connectivity index (χ0v) is 25.6. The molecule has 1 aromatic rings. The zero-order valence-electron chi connectivity index (χ0n) is 25.6. The minimum absolute atomic E-state index is 0.100. The lowest BCUT2D eigenvalue weighted by Gasteiger charge is -2.28. The topological polar surface area (TPSA) is 159 Å². The number of aliphatic imine (C=N–C) groups is 1. The van der Waals surface area contributed by atoms with E-state index in [1.807, 2.05) is 41.5 Å². The molecule has 0 aromatic carbocycles. The van der Waals surface area contributed by atoms with E-state index in [1.165, 1.54) is 20.5 Å². The smallest absolute Gasteiger partial charge is 0.410 e. The lowest BCUT2D eigenvalue weighted by Crippen LogP contribution is -2.43. The number of aromatic nitrogens is 1. The number of carbonyl (C=O) groups is 4. The predicted molar refractivity (Wildman–Crippen MR) is 148 cm³/mol. The molecule has 0 N–H and O–H groups in total. The summed E-state index contributed by atoms with van der Waals surface area (Å²) in [7, 11) is 2.59. The third-order valence-corrected chi connectivity index (χ3v) is 6.39. The van der Waals surface area contributed by atoms with E-state index in [2.05, 4.69) is 19.5 Å². The van der Waals surface area contributed by atoms with E-state index in [0.717, 1.165) is 25.7 Å². The predicted octanol–water partition coefficient (Wildman–Crippen LogP) is 3.89. The van der Waals surface area contributed by atoms with Crippen LogP contribution in [0.5, 0.6) is 0 Å². The van der Waals surface area contributed by atoms with Gasteiger partial charge in [0.15, 0.2) is 11.7 Å². The second-order valence-electron chi connectivity index (χ2n) is 12.0. The number of oxazole rings is 1. The average Bonchev–Trinajstić information content (AvgIpc) is 3.71. The highest BCUT2D eigenvalue weighted by Crippen LogP contribution is 2.33. The second-order valence-corrected chi connectivity index (χ2v) is 12.0. The molecule has 14 heteroatoms. The summed E-state index contributed by atoms with van der Waals surface area (Å²) in [6, 6.07) is -1.20. The fourth-order valence-corrected chi connectivity index (χ4v) is 4.60. The van der Waals surface area contributed by atoms with Crippen LogP contribution in [0.25, 0.3) is 0 Å². The van der Waals surface area contributed by atoms with E-state index in [0.29, 0.717) is 24.9 Å². The average molecular weight is 595 g/mol. The van der Waals surface area contributed by atoms with Crippen LogP contribution in [0.4, 0.5) is 9.59 Å². The monoisotopic (exact) mass is 594 g/mol. The summed E-state index contributed by atoms with van der Waals surface area (Å²) in [5, 5.41) is 0. The maximum Gasteiger partial charge on any atom is 0.410 e. The quantitative estimate of drug-likeness (QED) is 0.368. The minimum atomic E-state index is -0.633. The molecule has 4 heterocycles. The van der Waals surface area contributed by atoms with Crippen molar-refractivity contribution < 1.29 is 47.3 Å². The summed E-state index contributed by atoms with van der Waals surface area (Å²) in [5.74, 6) is -0.230. The van der Waals surface area contributed by atoms with Crippen molar-refractivity contribution in [1.29, 1.82) is 0 Å². The summed E-state index contributed by atoms with van der Waals surface area (Å²) in [5.41, 5.74) is -1.00. The largest absolute Gasteiger partial charge is 0.477 e. The van der Waals surface area contributed by atoms with Gasteiger partial charge in [-0.05, 0) is 67.2 Å². The number of hydrogen-bond acceptors (Lipinski definition) is 12. The first-order valence-electron chi connectivity index (χ1n) is 13.9. The van der Waals surface area contributed by atoms with E-state index in [1.54, 1.807) is 9.80 Å². The molecule has 0 spiro atoms. The van der Waals surface area contributed by atoms with Gasteiger partial charge in [0.05, 0.1) is 14.2 Å². The van der Waals surface area contributed by atoms with Gasteiger partial charge in [0.25, 0.3) is 0 Å². The number of ether oxygens (including phenoxy) is 5. The lowest BCUT2D eigenvalue weighted by atomic mass is 10.2. The Morgan fingerprint density at radius 2 is 1.40 bits per heavy atom. The van der Waals surface area contributed by atoms with Gasteiger partial charge < -0.3 is 28.1 Å². The molecular weight excluding hydrogens is 552 g/mol. The number of amides is 2. The highest BCUT2D eigenvalue weighted by atomic mass is 16.6. The number of hydrogen-bond donors (Lipinski definition) is 0. The van der Waals surface area contributed by atoms with Gasteiger partial charge in [-0.1, -0.05) is 0 Å². The van der Waals surface area contributed by atoms with Crippen molar-refractivity contribution in [1.82, 2.24) is 14.8 Å². The normalized spacial score (nSPS) is 22.0. The van der Waals surface area contributed by atoms with Crippen molar-refractivity contribution in [3.63, 3.8) is 0 Å². The third-order valence-electron chi connectivity index (χ3n) is 6.39. The Labute approximate surface area is 245 Å². The van der Waals surface area contributed by atoms with Gasteiger partial charge in [-0.25, -0.2) is 29.2 Å². The van der Waals surface area contributed by atoms with E-state index in [-0.39, 0.29) is 30.5 Å². The summed E-state index contributed by atoms with van der Waals surface area (Å²) in [6.45, 7) is 12.3. The number of likely N-dealkylation sites (tertiary alicyclic amines) is 2. The van der Waals surface area contributed by atoms with Gasteiger partial charge >= 0.3 is 24.1 Å². The Kier molecular flexibility index (Phi) is 10.4. The number of nitrogens with zero attached hydrogens (tertiary/aromatic N) is 4. The molecule has 1 aromatic heterocycles. The number of methoxy groups -OCH3 is 2. The highest BCUT2D eigenvalue weighted by molar-refractivity contribution is 5.91. The first-order chi connectivity index (χ1) is 19.6. The molecular formula is C28H42N4O10. The van der Waals surface area contributed by atoms with Crippen LogP contribution in [0, 0.1) is 0 Å². The molecule has 3 atom stereocenters. The van der Waals surface area contributed by atoms with Crippen LogP contribution in [0.3, 0.4) is 0 Å². The van der Waals surface area contributed by atoms with Crippen molar-refractivity contribution in [3.8, 4) is 0 Å². The molecule has 3 aliphatic heterocycles. The van der Waals surface area contributed by atoms with Crippen molar-refractivity contribution >= 4 is 30.0 Å². The van der Waals surface area contributed by atoms with Gasteiger partial charge in [0.1, 0.15) is 36.2 Å². The summed E-state index contributed by atoms with van der Waals surface area (Å²) >= 11 is 0. The Morgan fingerprint density at radius 3 is 1.93 bits per heavy atom. The van der Waals surface area contributed by atoms with Gasteiger partial charge in [-0.3, -0.25) is 9.80 Å². The van der Waals surface area contributed by atoms with Crippen LogP contribution in [0.15, 0.2) is 15.7 Å². The molecule has 2 fully saturated rings. The molecule has 0 saturated carbocycles. The molecule has 234 valence electrons. The Balaban J connectivity index is 0.000000230. The molecule has 42 heavy (non-hydrogen) atoms. The van der Waals surface area contributed by atoms with Crippen LogP contribution >= 0.6 is 0 Å². The molecule has 0 radical (unpaired) electrons. The second kappa shape index (κ2) is 13.4. The molecule has 2 amide bonds. The van der Waals surface area contributed by atoms with E-state index < -0.39 is 35.3 Å². The van der Waals surface area contributed by atoms with Crippen LogP contribution in [-0.4, -0.2) is 102 Å². The Hall–Kier alpha value is -3.84. The third kappa shape index (κ3) is 8.58. The first-order valence-corrected chi connectivity index (χ1v) is 13.9. The van der Waals surface area contributed by atoms with E-state index in [9.17, 15) is 19.2 Å². The lowest BCUT2D eigenvalue weighted by molar-refractivity contribution is -0.142. The fourth-order valence-electron chi connectivity index (χ4n) is 4.60. The molecule has 0 bridgehead atoms. The van der Waals surface area contributed by atoms with Crippen LogP contribution < -0.4 is 0 Å². The molecule has 3 aliphatic rings. The van der Waals surface area contributed by atoms with Crippen molar-refractivity contribution in [2.24, 2.45) is 4.99 Å². The van der Waals surface area contributed by atoms with Crippen LogP contribution in [0.1, 0.15) is 89.6 Å². The maximum absolute atomic E-state index is 12.2. The maximum atomic E-state index is 12.2. The van der Waals surface area contributed by atoms with Crippen LogP contribution in [0.2, 0.25) is 0 Å². The number of rotatable bonds is 4. The standard InChI is InChI=1S/C14H22N2O5.C14H20N2O5/c2*1-14(2,3)21-13(18)16-7-5-6-10(16)11-15-9(8-20-11)12(17)19-4/h9-10H,5-8H2,1-4H3;8,10H,5-7H2,1-4H3/t9-,10+;10-/m10/s1. The van der Waals surface area contributed by atoms with E-state index >= 15 is 0 Å². The SMILES string of the molecule is COC(=O)[C@H]1COC([C@@H]2CCCN2C(=O)OC(C)(C)C)=N1.COC(=O)c1coc([C@@H]2CCCN2C(=O)OC(C)(C)C)n1. The molecule has 4 rings (SSSR count). The van der Waals surface area contributed by atoms with Crippen molar-refractivity contribution in [3.05, 3.63) is 17.8 Å². The number of esters is 2. The number of carbonyl (C=O) groups excluding carboxylic acids is 4. The van der Waals surface area contributed by atoms with Gasteiger partial charge in [0, 0.05) is 13.1 Å². The molecule has 0 unspecified atom stereocenters. The first kappa shape index (κ1) is 32.7. The van der Waals surface area contributed by atoms with Gasteiger partial charge in [-0.15, -0.1) is 0 Å². The Bertz CT molecular complexity index is 1170. The van der Waals surface area contributed by atoms with E-state index in [4.69, 9.17) is 18.6 Å². The van der Waals surface area contributed by atoms with Crippen LogP contribution in [-0.2, 0) is 28.5 Å². The Morgan fingerprint density at radius 1 is 0.857 bits per heavy atom. The van der Waals surface area contributed by atoms with Gasteiger partial charge in [-0.2, -0.15) is 0 Å². The van der Waals surface area contributed by atoms with Crippen molar-refractivity contribution in [2.45, 2.75) is 96.6 Å².